The van der Waals surface area contributed by atoms with E-state index in [1.165, 1.54) is 10.4 Å². The number of hydrogen-bond donors (Lipinski definition) is 0. The summed E-state index contributed by atoms with van der Waals surface area (Å²) < 4.78 is 16.7. The Morgan fingerprint density at radius 2 is 1.93 bits per heavy atom. The number of rotatable bonds is 0. The van der Waals surface area contributed by atoms with Gasteiger partial charge in [-0.15, -0.1) is 11.3 Å². The summed E-state index contributed by atoms with van der Waals surface area (Å²) in [5.41, 5.74) is 1.33. The van der Waals surface area contributed by atoms with Crippen LogP contribution >= 0.6 is 11.3 Å². The first-order chi connectivity index (χ1) is 6.93. The van der Waals surface area contributed by atoms with Crippen molar-refractivity contribution in [1.82, 2.24) is 0 Å². The minimum Gasteiger partial charge on any atom is -0.376 e. The second kappa shape index (κ2) is 2.58. The first kappa shape index (κ1) is 7.82. The fourth-order valence-corrected chi connectivity index (χ4v) is 3.16. The van der Waals surface area contributed by atoms with Crippen LogP contribution in [0.15, 0.2) is 11.4 Å². The van der Waals surface area contributed by atoms with Crippen molar-refractivity contribution in [1.29, 1.82) is 0 Å². The van der Waals surface area contributed by atoms with Crippen LogP contribution in [-0.4, -0.2) is 25.4 Å². The molecule has 4 heteroatoms. The van der Waals surface area contributed by atoms with Crippen LogP contribution in [0.2, 0.25) is 0 Å². The average Bonchev–Trinajstić information content (AvgIpc) is 3.08. The van der Waals surface area contributed by atoms with E-state index in [0.29, 0.717) is 25.4 Å². The van der Waals surface area contributed by atoms with Crippen molar-refractivity contribution in [3.05, 3.63) is 21.9 Å². The van der Waals surface area contributed by atoms with Gasteiger partial charge in [-0.2, -0.15) is 0 Å². The summed E-state index contributed by atoms with van der Waals surface area (Å²) in [5, 5.41) is 2.13. The van der Waals surface area contributed by atoms with E-state index in [1.807, 2.05) is 0 Å². The van der Waals surface area contributed by atoms with Crippen LogP contribution in [0.25, 0.3) is 0 Å². The van der Waals surface area contributed by atoms with Crippen molar-refractivity contribution in [3.8, 4) is 0 Å². The molecule has 3 nitrogen and oxygen atoms in total. The van der Waals surface area contributed by atoms with E-state index in [9.17, 15) is 0 Å². The molecule has 0 N–H and O–H groups in total. The molecule has 0 bridgehead atoms. The molecular formula is C10H10O3S. The van der Waals surface area contributed by atoms with Gasteiger partial charge >= 0.3 is 0 Å². The predicted octanol–water partition coefficient (Wildman–Crippen LogP) is 1.66. The van der Waals surface area contributed by atoms with Crippen LogP contribution in [-0.2, 0) is 14.2 Å². The monoisotopic (exact) mass is 210 g/mol. The molecule has 74 valence electrons. The number of epoxide rings is 2. The van der Waals surface area contributed by atoms with Gasteiger partial charge < -0.3 is 14.2 Å². The molecule has 0 radical (unpaired) electrons. The highest BCUT2D eigenvalue weighted by Gasteiger charge is 2.50. The van der Waals surface area contributed by atoms with Gasteiger partial charge in [0.15, 0.2) is 0 Å². The topological polar surface area (TPSA) is 34.3 Å². The minimum absolute atomic E-state index is 0.277. The molecule has 2 saturated heterocycles. The van der Waals surface area contributed by atoms with E-state index >= 15 is 0 Å². The summed E-state index contributed by atoms with van der Waals surface area (Å²) in [4.78, 5) is 1.35. The van der Waals surface area contributed by atoms with Crippen molar-refractivity contribution in [2.75, 3.05) is 13.2 Å². The van der Waals surface area contributed by atoms with Crippen LogP contribution in [0, 0.1) is 0 Å². The Morgan fingerprint density at radius 1 is 1.14 bits per heavy atom. The fourth-order valence-electron chi connectivity index (χ4n) is 2.14. The molecular weight excluding hydrogens is 200 g/mol. The molecule has 3 aliphatic heterocycles. The van der Waals surface area contributed by atoms with Gasteiger partial charge in [-0.05, 0) is 11.4 Å². The molecule has 2 fully saturated rings. The molecule has 0 aliphatic carbocycles. The Bertz CT molecular complexity index is 343. The lowest BCUT2D eigenvalue weighted by atomic mass is 10.1. The summed E-state index contributed by atoms with van der Waals surface area (Å²) in [6.07, 6.45) is 1.15. The third-order valence-corrected chi connectivity index (χ3v) is 4.02. The highest BCUT2D eigenvalue weighted by atomic mass is 32.1. The molecule has 3 aliphatic rings. The van der Waals surface area contributed by atoms with Gasteiger partial charge in [0.05, 0.1) is 13.2 Å². The van der Waals surface area contributed by atoms with E-state index < -0.39 is 0 Å². The van der Waals surface area contributed by atoms with Gasteiger partial charge in [0.25, 0.3) is 0 Å². The van der Waals surface area contributed by atoms with Crippen LogP contribution in [0.5, 0.6) is 0 Å². The van der Waals surface area contributed by atoms with Crippen molar-refractivity contribution in [3.63, 3.8) is 0 Å². The Kier molecular flexibility index (Phi) is 1.44. The molecule has 14 heavy (non-hydrogen) atoms. The number of hydrogen-bond acceptors (Lipinski definition) is 4. The number of fused-ring (bicyclic) bond motifs is 5. The smallest absolute Gasteiger partial charge is 0.121 e. The maximum Gasteiger partial charge on any atom is 0.121 e. The molecule has 1 aromatic rings. The summed E-state index contributed by atoms with van der Waals surface area (Å²) >= 11 is 1.78. The molecule has 1 aromatic heterocycles. The highest BCUT2D eigenvalue weighted by molar-refractivity contribution is 7.10. The third kappa shape index (κ3) is 1.02. The summed E-state index contributed by atoms with van der Waals surface area (Å²) in [7, 11) is 0. The predicted molar refractivity (Wildman–Crippen MR) is 50.4 cm³/mol. The SMILES string of the molecule is c1cc2c(s1)C1OC1COCC1OC21. The number of thiophene rings is 1. The third-order valence-electron chi connectivity index (χ3n) is 3.02. The van der Waals surface area contributed by atoms with Gasteiger partial charge in [-0.25, -0.2) is 0 Å². The quantitative estimate of drug-likeness (QED) is 0.611. The number of ether oxygens (including phenoxy) is 3. The van der Waals surface area contributed by atoms with Gasteiger partial charge in [0.2, 0.25) is 0 Å². The minimum atomic E-state index is 0.277. The van der Waals surface area contributed by atoms with E-state index in [1.54, 1.807) is 11.3 Å². The molecule has 0 aromatic carbocycles. The van der Waals surface area contributed by atoms with Crippen molar-refractivity contribution in [2.24, 2.45) is 0 Å². The largest absolute Gasteiger partial charge is 0.376 e. The maximum atomic E-state index is 5.57. The van der Waals surface area contributed by atoms with E-state index in [2.05, 4.69) is 11.4 Å². The Balaban J connectivity index is 1.76. The van der Waals surface area contributed by atoms with E-state index in [-0.39, 0.29) is 12.2 Å². The Morgan fingerprint density at radius 3 is 2.86 bits per heavy atom. The van der Waals surface area contributed by atoms with Gasteiger partial charge in [-0.3, -0.25) is 0 Å². The van der Waals surface area contributed by atoms with Crippen molar-refractivity contribution < 1.29 is 14.2 Å². The second-order valence-corrected chi connectivity index (χ2v) is 4.92. The van der Waals surface area contributed by atoms with Gasteiger partial charge in [0.1, 0.15) is 24.4 Å². The van der Waals surface area contributed by atoms with Crippen LogP contribution in [0.1, 0.15) is 22.6 Å². The lowest BCUT2D eigenvalue weighted by molar-refractivity contribution is 0.102. The zero-order valence-corrected chi connectivity index (χ0v) is 8.33. The zero-order valence-electron chi connectivity index (χ0n) is 7.51. The molecule has 4 atom stereocenters. The van der Waals surface area contributed by atoms with Crippen LogP contribution < -0.4 is 0 Å². The average molecular weight is 210 g/mol. The first-order valence-corrected chi connectivity index (χ1v) is 5.77. The lowest BCUT2D eigenvalue weighted by Gasteiger charge is -1.96. The van der Waals surface area contributed by atoms with Crippen molar-refractivity contribution >= 4 is 11.3 Å². The standard InChI is InChI=1S/C10H10O3S/c1-2-14-10-5(1)8-6(12-8)3-11-4-7-9(10)13-7/h1-2,6-9H,3-4H2. The normalized spacial score (nSPS) is 43.7. The van der Waals surface area contributed by atoms with E-state index in [4.69, 9.17) is 14.2 Å². The second-order valence-electron chi connectivity index (χ2n) is 3.97. The van der Waals surface area contributed by atoms with Crippen LogP contribution in [0.4, 0.5) is 0 Å². The first-order valence-electron chi connectivity index (χ1n) is 4.89. The molecule has 0 amide bonds. The molecule has 0 spiro atoms. The highest BCUT2D eigenvalue weighted by Crippen LogP contribution is 2.51. The Labute approximate surface area is 85.6 Å². The molecule has 0 saturated carbocycles. The summed E-state index contributed by atoms with van der Waals surface area (Å²) in [5.74, 6) is 0. The van der Waals surface area contributed by atoms with Gasteiger partial charge in [0, 0.05) is 10.4 Å². The maximum absolute atomic E-state index is 5.57. The summed E-state index contributed by atoms with van der Waals surface area (Å²) in [6, 6.07) is 2.16. The zero-order chi connectivity index (χ0) is 9.12. The molecule has 4 rings (SSSR count). The van der Waals surface area contributed by atoms with Crippen LogP contribution in [0.3, 0.4) is 0 Å². The lowest BCUT2D eigenvalue weighted by Crippen LogP contribution is -2.06. The van der Waals surface area contributed by atoms with E-state index in [0.717, 1.165) is 0 Å². The molecule has 4 unspecified atom stereocenters. The van der Waals surface area contributed by atoms with Crippen molar-refractivity contribution in [2.45, 2.75) is 24.4 Å². The molecule has 4 heterocycles. The summed E-state index contributed by atoms with van der Waals surface area (Å²) in [6.45, 7) is 1.43. The Hall–Kier alpha value is -0.420. The van der Waals surface area contributed by atoms with Gasteiger partial charge in [-0.1, -0.05) is 0 Å². The fraction of sp³-hybridized carbons (Fsp3) is 0.600.